The molecule has 1 amide bonds. The Morgan fingerprint density at radius 1 is 1.23 bits per heavy atom. The molecule has 3 N–H and O–H groups in total. The monoisotopic (exact) mass is 418 g/mol. The maximum absolute atomic E-state index is 12.9. The number of nitrogens with one attached hydrogen (secondary N) is 3. The van der Waals surface area contributed by atoms with Gasteiger partial charge in [-0.05, 0) is 24.6 Å². The van der Waals surface area contributed by atoms with Crippen molar-refractivity contribution in [3.8, 4) is 0 Å². The molecule has 4 heterocycles. The highest BCUT2D eigenvalue weighted by Crippen LogP contribution is 2.31. The molecular weight excluding hydrogens is 396 g/mol. The van der Waals surface area contributed by atoms with Gasteiger partial charge in [0.1, 0.15) is 11.3 Å². The molecule has 1 aromatic carbocycles. The second-order valence-corrected chi connectivity index (χ2v) is 7.63. The zero-order valence-corrected chi connectivity index (χ0v) is 17.4. The van der Waals surface area contributed by atoms with Crippen LogP contribution in [0.25, 0.3) is 21.9 Å². The molecule has 0 fully saturated rings. The first-order valence-corrected chi connectivity index (χ1v) is 9.98. The van der Waals surface area contributed by atoms with Crippen molar-refractivity contribution in [1.82, 2.24) is 30.3 Å². The number of fused-ring (bicyclic) bond motifs is 5. The molecule has 0 radical (unpaired) electrons. The molecule has 0 saturated heterocycles. The highest BCUT2D eigenvalue weighted by molar-refractivity contribution is 6.08. The molecule has 3 aromatic heterocycles. The normalized spacial score (nSPS) is 16.7. The van der Waals surface area contributed by atoms with Gasteiger partial charge in [0.2, 0.25) is 0 Å². The number of nitrogens with zero attached hydrogens (tertiary/aromatic N) is 5. The van der Waals surface area contributed by atoms with E-state index in [-0.39, 0.29) is 11.9 Å². The number of anilines is 3. The molecule has 10 nitrogen and oxygen atoms in total. The molecular formula is C21H22N8O2. The van der Waals surface area contributed by atoms with Crippen molar-refractivity contribution >= 4 is 45.0 Å². The van der Waals surface area contributed by atoms with Gasteiger partial charge >= 0.3 is 0 Å². The molecule has 0 unspecified atom stereocenters. The number of hydrogen-bond acceptors (Lipinski definition) is 8. The van der Waals surface area contributed by atoms with E-state index in [0.717, 1.165) is 33.4 Å². The molecule has 31 heavy (non-hydrogen) atoms. The molecule has 0 spiro atoms. The first kappa shape index (κ1) is 19.2. The fraction of sp³-hybridized carbons (Fsp3) is 0.286. The van der Waals surface area contributed by atoms with Crippen LogP contribution in [0.4, 0.5) is 17.2 Å². The molecule has 4 aromatic rings. The third-order valence-electron chi connectivity index (χ3n) is 5.29. The van der Waals surface area contributed by atoms with Gasteiger partial charge in [-0.1, -0.05) is 5.21 Å². The topological polar surface area (TPSA) is 119 Å². The summed E-state index contributed by atoms with van der Waals surface area (Å²) >= 11 is 0. The van der Waals surface area contributed by atoms with Crippen molar-refractivity contribution in [3.63, 3.8) is 0 Å². The van der Waals surface area contributed by atoms with Crippen molar-refractivity contribution in [3.05, 3.63) is 41.7 Å². The van der Waals surface area contributed by atoms with Crippen molar-refractivity contribution in [2.75, 3.05) is 24.3 Å². The van der Waals surface area contributed by atoms with Gasteiger partial charge in [0, 0.05) is 49.7 Å². The SMILES string of the molecule is CNc1cc2nc3c(cncc13)C(=O)N[C@H](C)COCc1cc(c3nnn(C)c3c1)N2. The largest absolute Gasteiger partial charge is 0.387 e. The number of amides is 1. The van der Waals surface area contributed by atoms with E-state index in [2.05, 4.69) is 31.2 Å². The number of ether oxygens (including phenoxy) is 1. The van der Waals surface area contributed by atoms with Crippen LogP contribution in [0, 0.1) is 0 Å². The average molecular weight is 418 g/mol. The van der Waals surface area contributed by atoms with Crippen LogP contribution in [0.1, 0.15) is 22.8 Å². The van der Waals surface area contributed by atoms with E-state index in [1.54, 1.807) is 10.9 Å². The van der Waals surface area contributed by atoms with Crippen LogP contribution in [0.15, 0.2) is 30.6 Å². The second-order valence-electron chi connectivity index (χ2n) is 7.63. The van der Waals surface area contributed by atoms with Crippen LogP contribution < -0.4 is 16.0 Å². The number of aromatic nitrogens is 5. The molecule has 10 heteroatoms. The van der Waals surface area contributed by atoms with E-state index in [0.29, 0.717) is 30.1 Å². The Balaban J connectivity index is 1.75. The van der Waals surface area contributed by atoms with Gasteiger partial charge in [-0.15, -0.1) is 5.10 Å². The fourth-order valence-corrected chi connectivity index (χ4v) is 3.78. The first-order chi connectivity index (χ1) is 15.0. The third-order valence-corrected chi connectivity index (χ3v) is 5.29. The van der Waals surface area contributed by atoms with Crippen LogP contribution in [-0.2, 0) is 18.4 Å². The summed E-state index contributed by atoms with van der Waals surface area (Å²) in [6.45, 7) is 2.67. The van der Waals surface area contributed by atoms with Crippen molar-refractivity contribution in [1.29, 1.82) is 0 Å². The maximum Gasteiger partial charge on any atom is 0.255 e. The average Bonchev–Trinajstić information content (AvgIpc) is 3.13. The number of hydrogen-bond donors (Lipinski definition) is 3. The highest BCUT2D eigenvalue weighted by Gasteiger charge is 2.19. The van der Waals surface area contributed by atoms with E-state index in [9.17, 15) is 4.79 Å². The summed E-state index contributed by atoms with van der Waals surface area (Å²) in [5, 5.41) is 18.7. The summed E-state index contributed by atoms with van der Waals surface area (Å²) in [7, 11) is 3.68. The number of carbonyl (C=O) groups is 1. The number of benzene rings is 1. The molecule has 1 atom stereocenters. The lowest BCUT2D eigenvalue weighted by molar-refractivity contribution is 0.0821. The predicted molar refractivity (Wildman–Crippen MR) is 117 cm³/mol. The molecule has 0 aliphatic carbocycles. The van der Waals surface area contributed by atoms with Gasteiger partial charge < -0.3 is 20.7 Å². The van der Waals surface area contributed by atoms with Gasteiger partial charge in [-0.3, -0.25) is 9.78 Å². The maximum atomic E-state index is 12.9. The van der Waals surface area contributed by atoms with Crippen molar-refractivity contribution < 1.29 is 9.53 Å². The number of rotatable bonds is 1. The summed E-state index contributed by atoms with van der Waals surface area (Å²) < 4.78 is 7.60. The Labute approximate surface area is 178 Å². The van der Waals surface area contributed by atoms with Crippen LogP contribution >= 0.6 is 0 Å². The molecule has 5 rings (SSSR count). The minimum atomic E-state index is -0.243. The van der Waals surface area contributed by atoms with Crippen molar-refractivity contribution in [2.45, 2.75) is 19.6 Å². The summed E-state index contributed by atoms with van der Waals surface area (Å²) in [5.41, 5.74) is 5.12. The Kier molecular flexibility index (Phi) is 4.63. The van der Waals surface area contributed by atoms with E-state index in [1.807, 2.05) is 39.2 Å². The Morgan fingerprint density at radius 2 is 2.10 bits per heavy atom. The number of pyridine rings is 2. The summed E-state index contributed by atoms with van der Waals surface area (Å²) in [5.74, 6) is 0.333. The van der Waals surface area contributed by atoms with E-state index >= 15 is 0 Å². The van der Waals surface area contributed by atoms with E-state index < -0.39 is 0 Å². The predicted octanol–water partition coefficient (Wildman–Crippen LogP) is 2.35. The Bertz CT molecular complexity index is 1320. The van der Waals surface area contributed by atoms with Crippen LogP contribution in [0.2, 0.25) is 0 Å². The zero-order valence-electron chi connectivity index (χ0n) is 17.4. The summed E-state index contributed by atoms with van der Waals surface area (Å²) in [6.07, 6.45) is 3.24. The van der Waals surface area contributed by atoms with Crippen LogP contribution in [0.3, 0.4) is 0 Å². The Hall–Kier alpha value is -3.79. The first-order valence-electron chi connectivity index (χ1n) is 9.98. The van der Waals surface area contributed by atoms with E-state index in [4.69, 9.17) is 9.72 Å². The lowest BCUT2D eigenvalue weighted by atomic mass is 10.1. The quantitative estimate of drug-likeness (QED) is 0.431. The van der Waals surface area contributed by atoms with Gasteiger partial charge in [0.25, 0.3) is 5.91 Å². The van der Waals surface area contributed by atoms with Crippen LogP contribution in [-0.4, -0.2) is 50.6 Å². The molecule has 4 bridgehead atoms. The lowest BCUT2D eigenvalue weighted by Gasteiger charge is -2.18. The number of aryl methyl sites for hydroxylation is 1. The third kappa shape index (κ3) is 3.40. The minimum absolute atomic E-state index is 0.183. The Morgan fingerprint density at radius 3 is 2.94 bits per heavy atom. The fourth-order valence-electron chi connectivity index (χ4n) is 3.78. The van der Waals surface area contributed by atoms with Crippen LogP contribution in [0.5, 0.6) is 0 Å². The lowest BCUT2D eigenvalue weighted by Crippen LogP contribution is -2.36. The summed E-state index contributed by atoms with van der Waals surface area (Å²) in [6, 6.07) is 5.69. The molecule has 158 valence electrons. The number of carbonyl (C=O) groups excluding carboxylic acids is 1. The molecule has 1 aliphatic heterocycles. The van der Waals surface area contributed by atoms with Gasteiger partial charge in [-0.2, -0.15) is 0 Å². The van der Waals surface area contributed by atoms with Crippen molar-refractivity contribution in [2.24, 2.45) is 7.05 Å². The second kappa shape index (κ2) is 7.47. The zero-order chi connectivity index (χ0) is 21.5. The highest BCUT2D eigenvalue weighted by atomic mass is 16.5. The van der Waals surface area contributed by atoms with Gasteiger partial charge in [0.15, 0.2) is 0 Å². The van der Waals surface area contributed by atoms with Gasteiger partial charge in [0.05, 0.1) is 35.5 Å². The standard InChI is InChI=1S/C21H22N8O2/c1-11-9-31-10-12-4-16(20-17(5-12)29(3)28-27-20)25-18-6-15(22-2)13-7-23-8-14(19(13)26-18)21(30)24-11/h4-8,11H,9-10H2,1-3H3,(H,24,30)(H2,22,25,26)/t11-/m1/s1. The van der Waals surface area contributed by atoms with E-state index in [1.165, 1.54) is 6.20 Å². The molecule has 0 saturated carbocycles. The minimum Gasteiger partial charge on any atom is -0.387 e. The molecule has 1 aliphatic rings. The van der Waals surface area contributed by atoms with Gasteiger partial charge in [-0.25, -0.2) is 9.67 Å². The smallest absolute Gasteiger partial charge is 0.255 e. The summed E-state index contributed by atoms with van der Waals surface area (Å²) in [4.78, 5) is 22.0.